The Morgan fingerprint density at radius 1 is 1.11 bits per heavy atom. The van der Waals surface area contributed by atoms with Crippen molar-refractivity contribution in [3.05, 3.63) is 30.4 Å². The van der Waals surface area contributed by atoms with E-state index in [2.05, 4.69) is 31.6 Å². The number of carbonyl (C=O) groups excluding carboxylic acids is 1. The van der Waals surface area contributed by atoms with Gasteiger partial charge in [-0.1, -0.05) is 19.3 Å². The Morgan fingerprint density at radius 3 is 2.56 bits per heavy atom. The molecule has 7 heteroatoms. The smallest absolute Gasteiger partial charge is 0.225 e. The molecule has 1 aliphatic heterocycles. The number of nitrogens with zero attached hydrogens (tertiary/aromatic N) is 6. The first kappa shape index (κ1) is 18.2. The zero-order valence-corrected chi connectivity index (χ0v) is 16.3. The normalized spacial score (nSPS) is 19.5. The molecule has 146 valence electrons. The van der Waals surface area contributed by atoms with Crippen LogP contribution >= 0.6 is 0 Å². The molecule has 2 aliphatic rings. The second-order valence-corrected chi connectivity index (χ2v) is 7.89. The second kappa shape index (κ2) is 8.23. The van der Waals surface area contributed by atoms with Gasteiger partial charge < -0.3 is 14.0 Å². The number of rotatable bonds is 5. The molecule has 0 unspecified atom stereocenters. The fourth-order valence-corrected chi connectivity index (χ4v) is 4.62. The Kier molecular flexibility index (Phi) is 5.55. The summed E-state index contributed by atoms with van der Waals surface area (Å²) in [7, 11) is 0. The molecule has 2 aromatic heterocycles. The molecule has 3 heterocycles. The molecule has 27 heavy (non-hydrogen) atoms. The quantitative estimate of drug-likeness (QED) is 0.811. The van der Waals surface area contributed by atoms with Crippen molar-refractivity contribution in [1.82, 2.24) is 29.2 Å². The summed E-state index contributed by atoms with van der Waals surface area (Å²) in [6.07, 6.45) is 13.4. The third kappa shape index (κ3) is 3.92. The average molecular weight is 371 g/mol. The number of amides is 1. The van der Waals surface area contributed by atoms with Gasteiger partial charge in [-0.25, -0.2) is 4.98 Å². The molecule has 1 saturated carbocycles. The number of imidazole rings is 1. The lowest BCUT2D eigenvalue weighted by atomic mass is 9.87. The highest BCUT2D eigenvalue weighted by molar-refractivity contribution is 5.79. The zero-order valence-electron chi connectivity index (χ0n) is 16.3. The summed E-state index contributed by atoms with van der Waals surface area (Å²) in [6.45, 7) is 5.42. The van der Waals surface area contributed by atoms with Crippen molar-refractivity contribution in [2.45, 2.75) is 70.9 Å². The lowest BCUT2D eigenvalue weighted by Crippen LogP contribution is -2.42. The van der Waals surface area contributed by atoms with Crippen molar-refractivity contribution in [2.75, 3.05) is 13.1 Å². The van der Waals surface area contributed by atoms with Gasteiger partial charge in [-0.15, -0.1) is 10.2 Å². The largest absolute Gasteiger partial charge is 0.342 e. The molecule has 0 N–H and O–H groups in total. The molecule has 0 radical (unpaired) electrons. The highest BCUT2D eigenvalue weighted by Crippen LogP contribution is 2.31. The predicted octanol–water partition coefficient (Wildman–Crippen LogP) is 2.83. The van der Waals surface area contributed by atoms with Gasteiger partial charge >= 0.3 is 0 Å². The van der Waals surface area contributed by atoms with Crippen LogP contribution in [0, 0.1) is 5.92 Å². The molecule has 1 saturated heterocycles. The minimum Gasteiger partial charge on any atom is -0.342 e. The number of aromatic nitrogens is 5. The molecule has 0 spiro atoms. The SMILES string of the molecule is CCn1c(Cn2ccnc2)nnc1C1CCN(C(=O)C2CCCCC2)CC1. The first-order chi connectivity index (χ1) is 13.3. The number of piperidine rings is 1. The number of carbonyl (C=O) groups is 1. The summed E-state index contributed by atoms with van der Waals surface area (Å²) < 4.78 is 4.26. The molecule has 2 fully saturated rings. The van der Waals surface area contributed by atoms with E-state index < -0.39 is 0 Å². The van der Waals surface area contributed by atoms with E-state index >= 15 is 0 Å². The lowest BCUT2D eigenvalue weighted by Gasteiger charge is -2.35. The van der Waals surface area contributed by atoms with Gasteiger partial charge in [-0.2, -0.15) is 0 Å². The van der Waals surface area contributed by atoms with Crippen LogP contribution in [0.4, 0.5) is 0 Å². The van der Waals surface area contributed by atoms with Gasteiger partial charge in [-0.05, 0) is 32.6 Å². The van der Waals surface area contributed by atoms with E-state index in [-0.39, 0.29) is 5.92 Å². The van der Waals surface area contributed by atoms with Crippen molar-refractivity contribution in [2.24, 2.45) is 5.92 Å². The van der Waals surface area contributed by atoms with Gasteiger partial charge in [0.1, 0.15) is 5.82 Å². The van der Waals surface area contributed by atoms with Gasteiger partial charge in [0.25, 0.3) is 0 Å². The molecular weight excluding hydrogens is 340 g/mol. The van der Waals surface area contributed by atoms with E-state index in [1.54, 1.807) is 6.20 Å². The number of hydrogen-bond acceptors (Lipinski definition) is 4. The summed E-state index contributed by atoms with van der Waals surface area (Å²) in [4.78, 5) is 19.0. The Hall–Kier alpha value is -2.18. The van der Waals surface area contributed by atoms with Crippen molar-refractivity contribution in [3.63, 3.8) is 0 Å². The van der Waals surface area contributed by atoms with Crippen LogP contribution in [-0.2, 0) is 17.9 Å². The fraction of sp³-hybridized carbons (Fsp3) is 0.700. The fourth-order valence-electron chi connectivity index (χ4n) is 4.62. The van der Waals surface area contributed by atoms with E-state index in [1.807, 2.05) is 17.1 Å². The Labute approximate surface area is 160 Å². The summed E-state index contributed by atoms with van der Waals surface area (Å²) in [5, 5.41) is 8.98. The first-order valence-electron chi connectivity index (χ1n) is 10.4. The third-order valence-corrected chi connectivity index (χ3v) is 6.18. The van der Waals surface area contributed by atoms with Gasteiger partial charge in [0.15, 0.2) is 5.82 Å². The average Bonchev–Trinajstić information content (AvgIpc) is 3.38. The highest BCUT2D eigenvalue weighted by atomic mass is 16.2. The van der Waals surface area contributed by atoms with Crippen LogP contribution in [0.1, 0.15) is 69.4 Å². The maximum absolute atomic E-state index is 12.8. The molecule has 4 rings (SSSR count). The summed E-state index contributed by atoms with van der Waals surface area (Å²) in [5.41, 5.74) is 0. The first-order valence-corrected chi connectivity index (χ1v) is 10.4. The van der Waals surface area contributed by atoms with Gasteiger partial charge in [-0.3, -0.25) is 4.79 Å². The van der Waals surface area contributed by atoms with Gasteiger partial charge in [0, 0.05) is 43.9 Å². The second-order valence-electron chi connectivity index (χ2n) is 7.89. The monoisotopic (exact) mass is 370 g/mol. The van der Waals surface area contributed by atoms with Crippen molar-refractivity contribution in [1.29, 1.82) is 0 Å². The van der Waals surface area contributed by atoms with Crippen LogP contribution in [0.25, 0.3) is 0 Å². The molecule has 0 aromatic carbocycles. The van der Waals surface area contributed by atoms with E-state index in [0.29, 0.717) is 18.4 Å². The highest BCUT2D eigenvalue weighted by Gasteiger charge is 2.31. The third-order valence-electron chi connectivity index (χ3n) is 6.18. The van der Waals surface area contributed by atoms with Crippen LogP contribution < -0.4 is 0 Å². The van der Waals surface area contributed by atoms with E-state index in [9.17, 15) is 4.79 Å². The maximum Gasteiger partial charge on any atom is 0.225 e. The molecule has 0 atom stereocenters. The van der Waals surface area contributed by atoms with Crippen molar-refractivity contribution >= 4 is 5.91 Å². The van der Waals surface area contributed by atoms with Crippen molar-refractivity contribution in [3.8, 4) is 0 Å². The van der Waals surface area contributed by atoms with E-state index in [4.69, 9.17) is 0 Å². The Balaban J connectivity index is 1.39. The Morgan fingerprint density at radius 2 is 1.89 bits per heavy atom. The van der Waals surface area contributed by atoms with E-state index in [0.717, 1.165) is 57.0 Å². The molecular formula is C20H30N6O. The van der Waals surface area contributed by atoms with Crippen LogP contribution in [-0.4, -0.2) is 48.2 Å². The van der Waals surface area contributed by atoms with Gasteiger partial charge in [0.2, 0.25) is 5.91 Å². The topological polar surface area (TPSA) is 68.8 Å². The number of likely N-dealkylation sites (tertiary alicyclic amines) is 1. The molecule has 1 aliphatic carbocycles. The van der Waals surface area contributed by atoms with Crippen molar-refractivity contribution < 1.29 is 4.79 Å². The minimum atomic E-state index is 0.274. The minimum absolute atomic E-state index is 0.274. The van der Waals surface area contributed by atoms with Crippen LogP contribution in [0.3, 0.4) is 0 Å². The molecule has 0 bridgehead atoms. The van der Waals surface area contributed by atoms with Gasteiger partial charge in [0.05, 0.1) is 12.9 Å². The zero-order chi connectivity index (χ0) is 18.6. The maximum atomic E-state index is 12.8. The number of hydrogen-bond donors (Lipinski definition) is 0. The van der Waals surface area contributed by atoms with Crippen LogP contribution in [0.2, 0.25) is 0 Å². The van der Waals surface area contributed by atoms with Crippen LogP contribution in [0.15, 0.2) is 18.7 Å². The standard InChI is InChI=1S/C20H30N6O/c1-2-26-18(14-24-13-10-21-15-24)22-23-19(26)16-8-11-25(12-9-16)20(27)17-6-4-3-5-7-17/h10,13,15-17H,2-9,11-12,14H2,1H3. The van der Waals surface area contributed by atoms with Crippen LogP contribution in [0.5, 0.6) is 0 Å². The molecule has 7 nitrogen and oxygen atoms in total. The van der Waals surface area contributed by atoms with E-state index in [1.165, 1.54) is 19.3 Å². The Bertz CT molecular complexity index is 739. The summed E-state index contributed by atoms with van der Waals surface area (Å²) in [5.74, 6) is 3.12. The summed E-state index contributed by atoms with van der Waals surface area (Å²) in [6, 6.07) is 0. The molecule has 1 amide bonds. The predicted molar refractivity (Wildman–Crippen MR) is 102 cm³/mol. The lowest BCUT2D eigenvalue weighted by molar-refractivity contribution is -0.137. The molecule has 2 aromatic rings. The summed E-state index contributed by atoms with van der Waals surface area (Å²) >= 11 is 0.